The minimum absolute atomic E-state index is 0.0217. The lowest BCUT2D eigenvalue weighted by Gasteiger charge is -2.27. The van der Waals surface area contributed by atoms with E-state index in [-0.39, 0.29) is 84.1 Å². The summed E-state index contributed by atoms with van der Waals surface area (Å²) in [6.07, 6.45) is -0.528. The highest BCUT2D eigenvalue weighted by molar-refractivity contribution is 5.98. The van der Waals surface area contributed by atoms with Crippen LogP contribution in [0.4, 0.5) is 0 Å². The standard InChI is InChI=1S/C43H66N12O17/c1-25(2)38-42(71)50-28(5-3-10-47-43(44)45)39(68)48-19-31(56)49-30(18-33(58)59)40(69)51-29(41(70)52-38)17-26-6-8-27(9-7-26)72-16-4-11-46-32(57)20-54(22-35(62)63)14-12-53(21-34(60)61)13-15-55(23-36(64)65)24-37(66)67/h6-9,25,28-30,38H,3-5,10-24H2,1-2H3,(H,46,57)(H,48,68)(H,49,56)(H,50,71)(H,51,69)(H,52,70)(H,58,59)(H,60,61)(H,62,63)(H,64,65)(H,66,67)(H4,44,45,47)/t28-,29+,30-,38+/m0/s1. The van der Waals surface area contributed by atoms with Gasteiger partial charge in [-0.3, -0.25) is 72.4 Å². The maximum Gasteiger partial charge on any atom is 0.317 e. The zero-order valence-corrected chi connectivity index (χ0v) is 40.0. The Morgan fingerprint density at radius 3 is 1.74 bits per heavy atom. The van der Waals surface area contributed by atoms with E-state index in [4.69, 9.17) is 26.4 Å². The Labute approximate surface area is 413 Å². The summed E-state index contributed by atoms with van der Waals surface area (Å²) < 4.78 is 5.78. The van der Waals surface area contributed by atoms with Crippen molar-refractivity contribution in [1.29, 1.82) is 0 Å². The lowest BCUT2D eigenvalue weighted by atomic mass is 9.99. The Morgan fingerprint density at radius 1 is 0.667 bits per heavy atom. The average Bonchev–Trinajstić information content (AvgIpc) is 3.27. The van der Waals surface area contributed by atoms with Crippen LogP contribution >= 0.6 is 0 Å². The van der Waals surface area contributed by atoms with Gasteiger partial charge in [0.25, 0.3) is 0 Å². The van der Waals surface area contributed by atoms with Crippen LogP contribution in [0.25, 0.3) is 0 Å². The fourth-order valence-electron chi connectivity index (χ4n) is 6.96. The van der Waals surface area contributed by atoms with Gasteiger partial charge in [0, 0.05) is 45.7 Å². The van der Waals surface area contributed by atoms with Crippen LogP contribution in [-0.2, 0) is 59.2 Å². The molecule has 0 aliphatic carbocycles. The molecule has 29 heteroatoms. The van der Waals surface area contributed by atoms with E-state index in [1.54, 1.807) is 38.1 Å². The van der Waals surface area contributed by atoms with Crippen molar-refractivity contribution >= 4 is 71.2 Å². The summed E-state index contributed by atoms with van der Waals surface area (Å²) in [7, 11) is 0. The van der Waals surface area contributed by atoms with E-state index in [1.165, 1.54) is 9.80 Å². The summed E-state index contributed by atoms with van der Waals surface area (Å²) in [5.74, 6) is -11.8. The van der Waals surface area contributed by atoms with Crippen molar-refractivity contribution in [3.63, 3.8) is 0 Å². The van der Waals surface area contributed by atoms with Crippen molar-refractivity contribution in [2.75, 3.05) is 85.1 Å². The highest BCUT2D eigenvalue weighted by Gasteiger charge is 2.34. The van der Waals surface area contributed by atoms with E-state index < -0.39 is 135 Å². The third-order valence-electron chi connectivity index (χ3n) is 10.5. The van der Waals surface area contributed by atoms with E-state index in [0.29, 0.717) is 11.3 Å². The van der Waals surface area contributed by atoms with Crippen LogP contribution in [0.1, 0.15) is 45.1 Å². The van der Waals surface area contributed by atoms with Gasteiger partial charge in [0.2, 0.25) is 35.4 Å². The van der Waals surface area contributed by atoms with Gasteiger partial charge in [-0.1, -0.05) is 26.0 Å². The predicted molar refractivity (Wildman–Crippen MR) is 251 cm³/mol. The fraction of sp³-hybridized carbons (Fsp3) is 0.581. The molecule has 1 heterocycles. The molecule has 29 nitrogen and oxygen atoms in total. The third kappa shape index (κ3) is 25.3. The molecule has 4 atom stereocenters. The van der Waals surface area contributed by atoms with E-state index in [0.717, 1.165) is 4.90 Å². The average molecular weight is 1020 g/mol. The Hall–Kier alpha value is -7.66. The molecule has 1 fully saturated rings. The van der Waals surface area contributed by atoms with Crippen LogP contribution in [0, 0.1) is 5.92 Å². The quantitative estimate of drug-likeness (QED) is 0.0194. The van der Waals surface area contributed by atoms with Crippen LogP contribution in [-0.4, -0.2) is 221 Å². The number of carboxylic acids is 5. The zero-order valence-electron chi connectivity index (χ0n) is 40.0. The minimum Gasteiger partial charge on any atom is -0.494 e. The monoisotopic (exact) mass is 1020 g/mol. The first kappa shape index (κ1) is 60.5. The van der Waals surface area contributed by atoms with Crippen LogP contribution in [0.15, 0.2) is 29.3 Å². The molecule has 2 rings (SSSR count). The fourth-order valence-corrected chi connectivity index (χ4v) is 6.96. The number of hydrogen-bond acceptors (Lipinski definition) is 16. The first-order chi connectivity index (χ1) is 33.9. The van der Waals surface area contributed by atoms with Crippen molar-refractivity contribution in [2.45, 2.75) is 70.1 Å². The van der Waals surface area contributed by atoms with E-state index >= 15 is 0 Å². The molecule has 1 aliphatic heterocycles. The van der Waals surface area contributed by atoms with Gasteiger partial charge in [-0.05, 0) is 42.9 Å². The number of hydrogen-bond donors (Lipinski definition) is 13. The Morgan fingerprint density at radius 2 is 1.19 bits per heavy atom. The molecule has 400 valence electrons. The molecule has 0 radical (unpaired) electrons. The Bertz CT molecular complexity index is 2070. The number of nitrogens with two attached hydrogens (primary N) is 2. The van der Waals surface area contributed by atoms with Gasteiger partial charge in [-0.2, -0.15) is 0 Å². The second kappa shape index (κ2) is 31.5. The van der Waals surface area contributed by atoms with Gasteiger partial charge in [0.15, 0.2) is 5.96 Å². The number of aliphatic imine (C=N–C) groups is 1. The van der Waals surface area contributed by atoms with Gasteiger partial charge >= 0.3 is 29.8 Å². The molecular formula is C43H66N12O17. The smallest absolute Gasteiger partial charge is 0.317 e. The lowest BCUT2D eigenvalue weighted by molar-refractivity contribution is -0.143. The number of guanidine groups is 1. The number of carboxylic acid groups (broad SMARTS) is 5. The molecule has 1 saturated heterocycles. The van der Waals surface area contributed by atoms with Crippen molar-refractivity contribution < 1.29 is 83.0 Å². The second-order valence-electron chi connectivity index (χ2n) is 16.9. The molecule has 1 aliphatic rings. The summed E-state index contributed by atoms with van der Waals surface area (Å²) >= 11 is 0. The van der Waals surface area contributed by atoms with Gasteiger partial charge in [-0.25, -0.2) is 0 Å². The topological polar surface area (TPSA) is 444 Å². The highest BCUT2D eigenvalue weighted by Crippen LogP contribution is 2.15. The lowest BCUT2D eigenvalue weighted by Crippen LogP contribution is -2.59. The molecule has 1 aromatic rings. The van der Waals surface area contributed by atoms with Crippen LogP contribution < -0.4 is 48.1 Å². The molecule has 15 N–H and O–H groups in total. The summed E-state index contributed by atoms with van der Waals surface area (Å²) in [6, 6.07) is 0.739. The molecule has 0 unspecified atom stereocenters. The molecule has 0 saturated carbocycles. The molecule has 6 amide bonds. The van der Waals surface area contributed by atoms with Crippen LogP contribution in [0.3, 0.4) is 0 Å². The van der Waals surface area contributed by atoms with Crippen molar-refractivity contribution in [1.82, 2.24) is 46.6 Å². The number of amides is 6. The van der Waals surface area contributed by atoms with Crippen molar-refractivity contribution in [3.05, 3.63) is 29.8 Å². The number of carbonyl (C=O) groups is 11. The number of nitrogens with zero attached hydrogens (tertiary/aromatic N) is 4. The first-order valence-corrected chi connectivity index (χ1v) is 22.7. The summed E-state index contributed by atoms with van der Waals surface area (Å²) in [4.78, 5) is 145. The van der Waals surface area contributed by atoms with Crippen LogP contribution in [0.2, 0.25) is 0 Å². The van der Waals surface area contributed by atoms with Gasteiger partial charge < -0.3 is 73.6 Å². The SMILES string of the molecule is CC(C)[C@H]1NC(=O)[C@@H](Cc2ccc(OCCCNC(=O)CN(CCN(CCN(CC(=O)O)CC(=O)O)CC(=O)O)CC(=O)O)cc2)NC(=O)[C@H](CC(=O)O)NC(=O)CNC(=O)[C@H](CCCN=C(N)N)NC1=O. The molecule has 72 heavy (non-hydrogen) atoms. The second-order valence-corrected chi connectivity index (χ2v) is 16.9. The van der Waals surface area contributed by atoms with Crippen molar-refractivity contribution in [2.24, 2.45) is 22.4 Å². The molecular weight excluding hydrogens is 957 g/mol. The number of nitrogens with one attached hydrogen (secondary N) is 6. The van der Waals surface area contributed by atoms with Crippen molar-refractivity contribution in [3.8, 4) is 5.75 Å². The maximum absolute atomic E-state index is 13.9. The predicted octanol–water partition coefficient (Wildman–Crippen LogP) is -5.39. The normalized spacial score (nSPS) is 17.9. The number of benzene rings is 1. The van der Waals surface area contributed by atoms with Gasteiger partial charge in [0.1, 0.15) is 29.9 Å². The maximum atomic E-state index is 13.9. The Kier molecular flexibility index (Phi) is 26.5. The van der Waals surface area contributed by atoms with E-state index in [9.17, 15) is 68.1 Å². The number of aliphatic carboxylic acids is 5. The summed E-state index contributed by atoms with van der Waals surface area (Å²) in [5.41, 5.74) is 11.2. The molecule has 0 spiro atoms. The molecule has 1 aromatic carbocycles. The third-order valence-corrected chi connectivity index (χ3v) is 10.5. The number of ether oxygens (including phenoxy) is 1. The van der Waals surface area contributed by atoms with E-state index in [2.05, 4.69) is 36.9 Å². The summed E-state index contributed by atoms with van der Waals surface area (Å²) in [5, 5.41) is 61.5. The minimum atomic E-state index is -1.68. The molecule has 0 bridgehead atoms. The van der Waals surface area contributed by atoms with E-state index in [1.807, 2.05) is 0 Å². The summed E-state index contributed by atoms with van der Waals surface area (Å²) in [6.45, 7) is -0.0748. The number of rotatable bonds is 30. The highest BCUT2D eigenvalue weighted by atomic mass is 16.5. The van der Waals surface area contributed by atoms with Crippen LogP contribution in [0.5, 0.6) is 5.75 Å². The van der Waals surface area contributed by atoms with Gasteiger partial charge in [0.05, 0.1) is 52.3 Å². The zero-order chi connectivity index (χ0) is 53.9. The Balaban J connectivity index is 2.11. The number of carbonyl (C=O) groups excluding carboxylic acids is 6. The molecule has 0 aromatic heterocycles. The van der Waals surface area contributed by atoms with Gasteiger partial charge in [-0.15, -0.1) is 0 Å². The largest absolute Gasteiger partial charge is 0.494 e. The first-order valence-electron chi connectivity index (χ1n) is 22.7.